The van der Waals surface area contributed by atoms with Gasteiger partial charge in [0.2, 0.25) is 0 Å². The molecule has 19 heteroatoms. The van der Waals surface area contributed by atoms with E-state index >= 15 is 0 Å². The van der Waals surface area contributed by atoms with Gasteiger partial charge in [0, 0.05) is 0 Å². The Labute approximate surface area is 269 Å². The van der Waals surface area contributed by atoms with E-state index in [1.807, 2.05) is 0 Å². The van der Waals surface area contributed by atoms with E-state index in [4.69, 9.17) is 153 Å². The lowest BCUT2D eigenvalue weighted by Crippen LogP contribution is -2.09. The molecule has 200 valence electrons. The zero-order valence-corrected chi connectivity index (χ0v) is 26.4. The Balaban J connectivity index is 2.22. The van der Waals surface area contributed by atoms with Crippen molar-refractivity contribution in [1.82, 2.24) is 0 Å². The van der Waals surface area contributed by atoms with Gasteiger partial charge in [0.1, 0.15) is 32.3 Å². The first-order valence-electron chi connectivity index (χ1n) is 8.54. The van der Waals surface area contributed by atoms with Crippen LogP contribution in [-0.4, -0.2) is 0 Å². The molecule has 0 spiro atoms. The van der Waals surface area contributed by atoms with Crippen molar-refractivity contribution in [2.45, 2.75) is 0 Å². The molecular formula is C18Cl12O6P-3. The SMILES string of the molecule is [O-]c1c(Cl)c(Cl)c(Cl)c(Cl)c1OP(Oc1c([O-])c(Cl)c(Cl)c(Cl)c1Cl)Oc1c([O-])c(Cl)c(Cl)c(Cl)c1Cl. The molecule has 0 saturated carbocycles. The van der Waals surface area contributed by atoms with Crippen molar-refractivity contribution < 1.29 is 28.9 Å². The molecule has 0 aromatic heterocycles. The summed E-state index contributed by atoms with van der Waals surface area (Å²) in [6.45, 7) is 0. The molecule has 0 bridgehead atoms. The first-order chi connectivity index (χ1) is 17.1. The monoisotopic (exact) mass is 763 g/mol. The third-order valence-electron chi connectivity index (χ3n) is 4.05. The highest BCUT2D eigenvalue weighted by Gasteiger charge is 2.30. The smallest absolute Gasteiger partial charge is 0.530 e. The fraction of sp³-hybridized carbons (Fsp3) is 0. The molecular weight excluding hydrogens is 769 g/mol. The molecule has 0 aliphatic rings. The van der Waals surface area contributed by atoms with E-state index in [-0.39, 0.29) is 30.1 Å². The zero-order chi connectivity index (χ0) is 28.1. The van der Waals surface area contributed by atoms with Gasteiger partial charge >= 0.3 is 8.60 Å². The second-order valence-corrected chi connectivity index (χ2v) is 11.8. The molecule has 0 radical (unpaired) electrons. The quantitative estimate of drug-likeness (QED) is 0.141. The molecule has 37 heavy (non-hydrogen) atoms. The Morgan fingerprint density at radius 1 is 0.324 bits per heavy atom. The van der Waals surface area contributed by atoms with E-state index in [0.717, 1.165) is 0 Å². The molecule has 0 saturated heterocycles. The predicted octanol–water partition coefficient (Wildman–Crippen LogP) is 10.5. The third-order valence-corrected chi connectivity index (χ3v) is 10.3. The van der Waals surface area contributed by atoms with Crippen LogP contribution in [-0.2, 0) is 0 Å². The molecule has 0 unspecified atom stereocenters. The van der Waals surface area contributed by atoms with E-state index in [1.165, 1.54) is 0 Å². The van der Waals surface area contributed by atoms with E-state index in [1.54, 1.807) is 0 Å². The van der Waals surface area contributed by atoms with Gasteiger partial charge in [0.25, 0.3) is 0 Å². The van der Waals surface area contributed by atoms with E-state index < -0.39 is 73.2 Å². The molecule has 0 fully saturated rings. The Kier molecular flexibility index (Phi) is 10.8. The minimum Gasteiger partial charge on any atom is -0.869 e. The average molecular weight is 769 g/mol. The van der Waals surface area contributed by atoms with Crippen molar-refractivity contribution in [3.05, 3.63) is 60.3 Å². The van der Waals surface area contributed by atoms with E-state index in [9.17, 15) is 15.3 Å². The number of hydrogen-bond donors (Lipinski definition) is 0. The van der Waals surface area contributed by atoms with E-state index in [2.05, 4.69) is 0 Å². The van der Waals surface area contributed by atoms with Gasteiger partial charge in [-0.2, -0.15) is 0 Å². The average Bonchev–Trinajstić information content (AvgIpc) is 2.88. The van der Waals surface area contributed by atoms with Gasteiger partial charge in [-0.1, -0.05) is 139 Å². The number of benzene rings is 3. The fourth-order valence-electron chi connectivity index (χ4n) is 2.30. The predicted molar refractivity (Wildman–Crippen MR) is 147 cm³/mol. The van der Waals surface area contributed by atoms with Crippen LogP contribution in [0.3, 0.4) is 0 Å². The van der Waals surface area contributed by atoms with Crippen LogP contribution in [0.2, 0.25) is 60.3 Å². The van der Waals surface area contributed by atoms with E-state index in [0.29, 0.717) is 0 Å². The van der Waals surface area contributed by atoms with Crippen LogP contribution in [0.5, 0.6) is 34.5 Å². The van der Waals surface area contributed by atoms with Crippen LogP contribution in [0, 0.1) is 0 Å². The van der Waals surface area contributed by atoms with Crippen LogP contribution in [0.15, 0.2) is 0 Å². The zero-order valence-electron chi connectivity index (χ0n) is 16.4. The number of halogens is 12. The molecule has 3 aromatic carbocycles. The summed E-state index contributed by atoms with van der Waals surface area (Å²) in [5.41, 5.74) is 0. The van der Waals surface area contributed by atoms with Gasteiger partial charge in [0.05, 0.1) is 45.2 Å². The largest absolute Gasteiger partial charge is 0.869 e. The summed E-state index contributed by atoms with van der Waals surface area (Å²) in [6.07, 6.45) is 0. The van der Waals surface area contributed by atoms with Crippen molar-refractivity contribution in [3.8, 4) is 34.5 Å². The number of rotatable bonds is 6. The van der Waals surface area contributed by atoms with Crippen molar-refractivity contribution in [3.63, 3.8) is 0 Å². The summed E-state index contributed by atoms with van der Waals surface area (Å²) < 4.78 is 16.4. The van der Waals surface area contributed by atoms with Crippen LogP contribution in [0.1, 0.15) is 0 Å². The minimum atomic E-state index is -3.12. The second kappa shape index (κ2) is 12.5. The standard InChI is InChI=1S/C18H3Cl12O6P/c19-1-4(22)10(28)16(13(31)7(1)25)34-37(35-17-11(29)5(23)2(20)8(26)14(17)32)36-18-12(30)6(24)3(21)9(27)15(18)33/h31-33H/p-3. The molecule has 6 nitrogen and oxygen atoms in total. The Morgan fingerprint density at radius 2 is 0.514 bits per heavy atom. The summed E-state index contributed by atoms with van der Waals surface area (Å²) in [5.74, 6) is -5.46. The summed E-state index contributed by atoms with van der Waals surface area (Å²) in [4.78, 5) is 0. The van der Waals surface area contributed by atoms with Crippen LogP contribution in [0.25, 0.3) is 0 Å². The lowest BCUT2D eigenvalue weighted by atomic mass is 10.3. The van der Waals surface area contributed by atoms with Crippen molar-refractivity contribution in [2.75, 3.05) is 0 Å². The van der Waals surface area contributed by atoms with Crippen LogP contribution in [0.4, 0.5) is 0 Å². The maximum absolute atomic E-state index is 12.7. The first-order valence-corrected chi connectivity index (χ1v) is 14.2. The normalized spacial score (nSPS) is 11.3. The highest BCUT2D eigenvalue weighted by molar-refractivity contribution is 7.43. The maximum atomic E-state index is 12.7. The number of hydrogen-bond acceptors (Lipinski definition) is 6. The Bertz CT molecular complexity index is 1180. The highest BCUT2D eigenvalue weighted by atomic mass is 35.5. The molecule has 0 aliphatic carbocycles. The maximum Gasteiger partial charge on any atom is 0.530 e. The molecule has 0 amide bonds. The second-order valence-electron chi connectivity index (χ2n) is 6.24. The van der Waals surface area contributed by atoms with Gasteiger partial charge < -0.3 is 28.9 Å². The van der Waals surface area contributed by atoms with Crippen molar-refractivity contribution in [1.29, 1.82) is 0 Å². The first kappa shape index (κ1) is 31.9. The molecule has 0 heterocycles. The van der Waals surface area contributed by atoms with Gasteiger partial charge in [0.15, 0.2) is 0 Å². The molecule has 0 N–H and O–H groups in total. The summed E-state index contributed by atoms with van der Waals surface area (Å²) in [6, 6.07) is 0. The lowest BCUT2D eigenvalue weighted by Gasteiger charge is -2.28. The lowest BCUT2D eigenvalue weighted by molar-refractivity contribution is -0.269. The Morgan fingerprint density at radius 3 is 0.730 bits per heavy atom. The summed E-state index contributed by atoms with van der Waals surface area (Å²) >= 11 is 71.6. The van der Waals surface area contributed by atoms with Crippen LogP contribution < -0.4 is 28.9 Å². The third kappa shape index (κ3) is 6.04. The summed E-state index contributed by atoms with van der Waals surface area (Å²) in [7, 11) is -3.12. The van der Waals surface area contributed by atoms with Crippen molar-refractivity contribution in [2.24, 2.45) is 0 Å². The molecule has 0 atom stereocenters. The molecule has 3 rings (SSSR count). The van der Waals surface area contributed by atoms with Gasteiger partial charge in [-0.05, 0) is 17.2 Å². The topological polar surface area (TPSA) is 96.9 Å². The molecule has 0 aliphatic heterocycles. The van der Waals surface area contributed by atoms with Crippen molar-refractivity contribution >= 4 is 148 Å². The summed E-state index contributed by atoms with van der Waals surface area (Å²) in [5, 5.41) is 32.5. The van der Waals surface area contributed by atoms with Gasteiger partial charge in [-0.25, -0.2) is 0 Å². The minimum absolute atomic E-state index is 0.376. The fourth-order valence-corrected chi connectivity index (χ4v) is 6.11. The molecule has 3 aromatic rings. The van der Waals surface area contributed by atoms with Crippen LogP contribution >= 0.6 is 148 Å². The Hall–Kier alpha value is 0.370. The van der Waals surface area contributed by atoms with Gasteiger partial charge in [-0.3, -0.25) is 0 Å². The highest BCUT2D eigenvalue weighted by Crippen LogP contribution is 2.59. The van der Waals surface area contributed by atoms with Gasteiger partial charge in [-0.15, -0.1) is 0 Å².